The van der Waals surface area contributed by atoms with Gasteiger partial charge >= 0.3 is 5.69 Å². The van der Waals surface area contributed by atoms with Gasteiger partial charge in [-0.25, -0.2) is 26.7 Å². The highest BCUT2D eigenvalue weighted by atomic mass is 35.5. The standard InChI is InChI=1S/C21H18Cl2F2N4O6S/c1-9-4-10(5-9)28-36(33,34)16-8-12(2-3-15(16)30)35-18-13(22)6-11(7-14(18)23)29-21(32)26-20(31)17(27-29)19(24)25/h2-3,6-10,19,28,30H,4-5H2,1H3,(H,26,31,32)/t9-,10-. The van der Waals surface area contributed by atoms with E-state index in [2.05, 4.69) is 9.82 Å². The van der Waals surface area contributed by atoms with Crippen LogP contribution in [0.4, 0.5) is 8.78 Å². The summed E-state index contributed by atoms with van der Waals surface area (Å²) >= 11 is 12.5. The van der Waals surface area contributed by atoms with Crippen LogP contribution in [0.25, 0.3) is 5.69 Å². The number of hydrogen-bond donors (Lipinski definition) is 3. The topological polar surface area (TPSA) is 143 Å². The lowest BCUT2D eigenvalue weighted by molar-refractivity contribution is 0.141. The maximum absolute atomic E-state index is 13.0. The van der Waals surface area contributed by atoms with E-state index in [9.17, 15) is 31.9 Å². The fourth-order valence-corrected chi connectivity index (χ4v) is 5.59. The van der Waals surface area contributed by atoms with Gasteiger partial charge in [-0.2, -0.15) is 9.78 Å². The van der Waals surface area contributed by atoms with Crippen molar-refractivity contribution in [3.05, 3.63) is 66.9 Å². The second-order valence-corrected chi connectivity index (χ2v) is 10.7. The van der Waals surface area contributed by atoms with Gasteiger partial charge in [0.1, 0.15) is 16.4 Å². The van der Waals surface area contributed by atoms with E-state index in [0.717, 1.165) is 24.3 Å². The minimum Gasteiger partial charge on any atom is -0.507 e. The first-order valence-corrected chi connectivity index (χ1v) is 12.6. The number of aromatic hydroxyl groups is 1. The summed E-state index contributed by atoms with van der Waals surface area (Å²) in [6.07, 6.45) is -1.88. The highest BCUT2D eigenvalue weighted by Gasteiger charge is 2.31. The molecule has 0 atom stereocenters. The molecule has 0 spiro atoms. The van der Waals surface area contributed by atoms with Crippen LogP contribution in [-0.2, 0) is 10.0 Å². The predicted molar refractivity (Wildman–Crippen MR) is 126 cm³/mol. The highest BCUT2D eigenvalue weighted by Crippen LogP contribution is 2.39. The van der Waals surface area contributed by atoms with Gasteiger partial charge in [-0.15, -0.1) is 0 Å². The number of nitrogens with one attached hydrogen (secondary N) is 2. The molecule has 192 valence electrons. The molecule has 1 saturated carbocycles. The van der Waals surface area contributed by atoms with E-state index in [0.29, 0.717) is 23.4 Å². The van der Waals surface area contributed by atoms with E-state index >= 15 is 0 Å². The summed E-state index contributed by atoms with van der Waals surface area (Å²) in [5, 5.41) is 13.1. The Kier molecular flexibility index (Phi) is 7.10. The summed E-state index contributed by atoms with van der Waals surface area (Å²) < 4.78 is 60.2. The molecule has 1 fully saturated rings. The zero-order valence-corrected chi connectivity index (χ0v) is 20.7. The summed E-state index contributed by atoms with van der Waals surface area (Å²) in [6, 6.07) is 5.51. The number of rotatable bonds is 7. The number of H-pyrrole nitrogens is 1. The Hall–Kier alpha value is -3.00. The van der Waals surface area contributed by atoms with Gasteiger partial charge in [-0.05, 0) is 43.0 Å². The van der Waals surface area contributed by atoms with Crippen molar-refractivity contribution in [3.8, 4) is 22.9 Å². The van der Waals surface area contributed by atoms with Crippen LogP contribution >= 0.6 is 23.2 Å². The van der Waals surface area contributed by atoms with E-state index in [4.69, 9.17) is 27.9 Å². The van der Waals surface area contributed by atoms with E-state index < -0.39 is 44.0 Å². The first kappa shape index (κ1) is 26.1. The number of aromatic nitrogens is 3. The molecule has 1 aliphatic carbocycles. The highest BCUT2D eigenvalue weighted by molar-refractivity contribution is 7.89. The molecule has 0 unspecified atom stereocenters. The van der Waals surface area contributed by atoms with Gasteiger partial charge in [0.15, 0.2) is 11.4 Å². The SMILES string of the molecule is C[C@H]1C[C@H](NS(=O)(=O)c2cc(Oc3c(Cl)cc(-n4nc(C(F)F)c(=O)[nH]c4=O)cc3Cl)ccc2O)C1. The summed E-state index contributed by atoms with van der Waals surface area (Å²) in [4.78, 5) is 24.9. The van der Waals surface area contributed by atoms with Gasteiger partial charge in [0.05, 0.1) is 15.7 Å². The van der Waals surface area contributed by atoms with Crippen molar-refractivity contribution in [2.75, 3.05) is 0 Å². The molecule has 1 heterocycles. The van der Waals surface area contributed by atoms with Crippen LogP contribution < -0.4 is 20.7 Å². The minimum atomic E-state index is -4.05. The molecule has 0 saturated heterocycles. The number of hydrogen-bond acceptors (Lipinski definition) is 7. The molecule has 0 radical (unpaired) electrons. The number of nitrogens with zero attached hydrogens (tertiary/aromatic N) is 2. The van der Waals surface area contributed by atoms with E-state index in [1.54, 1.807) is 4.98 Å². The number of alkyl halides is 2. The molecule has 4 rings (SSSR count). The summed E-state index contributed by atoms with van der Waals surface area (Å²) in [5.41, 5.74) is -3.76. The second-order valence-electron chi connectivity index (χ2n) is 8.22. The fourth-order valence-electron chi connectivity index (χ4n) is 3.67. The summed E-state index contributed by atoms with van der Waals surface area (Å²) in [5.74, 6) is -0.278. The predicted octanol–water partition coefficient (Wildman–Crippen LogP) is 3.74. The molecule has 1 aliphatic rings. The molecule has 10 nitrogen and oxygen atoms in total. The number of phenolic OH excluding ortho intramolecular Hbond substituents is 1. The van der Waals surface area contributed by atoms with Gasteiger partial charge in [0.2, 0.25) is 10.0 Å². The van der Waals surface area contributed by atoms with Crippen molar-refractivity contribution in [1.82, 2.24) is 19.5 Å². The fraction of sp³-hybridized carbons (Fsp3) is 0.286. The molecule has 0 aliphatic heterocycles. The smallest absolute Gasteiger partial charge is 0.349 e. The molecular weight excluding hydrogens is 545 g/mol. The van der Waals surface area contributed by atoms with Crippen LogP contribution in [0.5, 0.6) is 17.2 Å². The number of benzene rings is 2. The zero-order valence-electron chi connectivity index (χ0n) is 18.3. The third-order valence-corrected chi connectivity index (χ3v) is 7.53. The average Bonchev–Trinajstić information content (AvgIpc) is 2.75. The molecule has 36 heavy (non-hydrogen) atoms. The van der Waals surface area contributed by atoms with Crippen LogP contribution in [0.3, 0.4) is 0 Å². The first-order valence-electron chi connectivity index (χ1n) is 10.4. The Morgan fingerprint density at radius 1 is 1.19 bits per heavy atom. The van der Waals surface area contributed by atoms with Crippen molar-refractivity contribution < 1.29 is 27.0 Å². The lowest BCUT2D eigenvalue weighted by atomic mass is 9.83. The van der Waals surface area contributed by atoms with Gasteiger partial charge in [-0.1, -0.05) is 30.1 Å². The Balaban J connectivity index is 1.66. The van der Waals surface area contributed by atoms with Crippen LogP contribution in [0, 0.1) is 5.92 Å². The first-order chi connectivity index (χ1) is 16.9. The van der Waals surface area contributed by atoms with Crippen LogP contribution in [0.15, 0.2) is 44.8 Å². The number of halogens is 4. The Labute approximate surface area is 212 Å². The molecular formula is C21H18Cl2F2N4O6S. The van der Waals surface area contributed by atoms with Crippen molar-refractivity contribution in [2.24, 2.45) is 5.92 Å². The number of aromatic amines is 1. The van der Waals surface area contributed by atoms with Crippen molar-refractivity contribution >= 4 is 33.2 Å². The zero-order chi connectivity index (χ0) is 26.4. The number of ether oxygens (including phenoxy) is 1. The summed E-state index contributed by atoms with van der Waals surface area (Å²) in [7, 11) is -4.05. The van der Waals surface area contributed by atoms with Crippen molar-refractivity contribution in [2.45, 2.75) is 37.1 Å². The summed E-state index contributed by atoms with van der Waals surface area (Å²) in [6.45, 7) is 2.00. The maximum atomic E-state index is 13.0. The van der Waals surface area contributed by atoms with Gasteiger partial charge in [-0.3, -0.25) is 9.78 Å². The van der Waals surface area contributed by atoms with Gasteiger partial charge in [0.25, 0.3) is 12.0 Å². The molecule has 3 N–H and O–H groups in total. The number of phenols is 1. The number of sulfonamides is 1. The third-order valence-electron chi connectivity index (χ3n) is 5.42. The van der Waals surface area contributed by atoms with E-state index in [1.807, 2.05) is 6.92 Å². The van der Waals surface area contributed by atoms with Crippen LogP contribution in [0.2, 0.25) is 10.0 Å². The average molecular weight is 563 g/mol. The minimum absolute atomic E-state index is 0.0361. The molecule has 2 aromatic carbocycles. The monoisotopic (exact) mass is 562 g/mol. The molecule has 0 amide bonds. The van der Waals surface area contributed by atoms with Crippen LogP contribution in [-0.4, -0.2) is 34.3 Å². The Morgan fingerprint density at radius 3 is 2.42 bits per heavy atom. The lowest BCUT2D eigenvalue weighted by Crippen LogP contribution is -2.43. The molecule has 3 aromatic rings. The normalized spacial score (nSPS) is 17.7. The maximum Gasteiger partial charge on any atom is 0.349 e. The Bertz CT molecular complexity index is 1530. The van der Waals surface area contributed by atoms with Crippen molar-refractivity contribution in [3.63, 3.8) is 0 Å². The van der Waals surface area contributed by atoms with Crippen molar-refractivity contribution in [1.29, 1.82) is 0 Å². The Morgan fingerprint density at radius 2 is 1.83 bits per heavy atom. The van der Waals surface area contributed by atoms with Gasteiger partial charge in [0, 0.05) is 12.1 Å². The molecule has 15 heteroatoms. The third kappa shape index (κ3) is 5.24. The molecule has 0 bridgehead atoms. The molecule has 1 aromatic heterocycles. The lowest BCUT2D eigenvalue weighted by Gasteiger charge is -2.32. The van der Waals surface area contributed by atoms with Crippen LogP contribution in [0.1, 0.15) is 31.9 Å². The second kappa shape index (κ2) is 9.81. The quantitative estimate of drug-likeness (QED) is 0.398. The largest absolute Gasteiger partial charge is 0.507 e. The van der Waals surface area contributed by atoms with Gasteiger partial charge < -0.3 is 9.84 Å². The van der Waals surface area contributed by atoms with E-state index in [1.165, 1.54) is 6.07 Å². The van der Waals surface area contributed by atoms with E-state index in [-0.39, 0.29) is 33.3 Å².